The van der Waals surface area contributed by atoms with Gasteiger partial charge in [0.1, 0.15) is 5.75 Å². The summed E-state index contributed by atoms with van der Waals surface area (Å²) in [6.07, 6.45) is 2.83. The van der Waals surface area contributed by atoms with Crippen molar-refractivity contribution in [3.63, 3.8) is 0 Å². The summed E-state index contributed by atoms with van der Waals surface area (Å²) in [4.78, 5) is 8.77. The van der Waals surface area contributed by atoms with Crippen LogP contribution in [0.15, 0.2) is 91.1 Å². The van der Waals surface area contributed by atoms with E-state index in [1.807, 2.05) is 18.3 Å². The Labute approximate surface area is 186 Å². The first-order valence-electron chi connectivity index (χ1n) is 10.7. The summed E-state index contributed by atoms with van der Waals surface area (Å²) < 4.78 is 5.29. The molecule has 4 heteroatoms. The Kier molecular flexibility index (Phi) is 5.83. The van der Waals surface area contributed by atoms with Crippen molar-refractivity contribution in [2.45, 2.75) is 32.2 Å². The largest absolute Gasteiger partial charge is 0.497 e. The van der Waals surface area contributed by atoms with E-state index < -0.39 is 8.07 Å². The summed E-state index contributed by atoms with van der Waals surface area (Å²) in [5.41, 5.74) is 3.48. The lowest BCUT2D eigenvalue weighted by Gasteiger charge is -2.42. The Bertz CT molecular complexity index is 1070. The Morgan fingerprint density at radius 1 is 0.806 bits per heavy atom. The van der Waals surface area contributed by atoms with Crippen LogP contribution in [0.2, 0.25) is 5.04 Å². The van der Waals surface area contributed by atoms with Crippen LogP contribution in [0.3, 0.4) is 0 Å². The number of hydrogen-bond donors (Lipinski definition) is 1. The molecular formula is C27H30N2OSi. The number of benzene rings is 3. The number of nitrogens with zero attached hydrogens (tertiary/aromatic N) is 1. The van der Waals surface area contributed by atoms with Gasteiger partial charge in [0.25, 0.3) is 0 Å². The third-order valence-electron chi connectivity index (χ3n) is 6.08. The normalized spacial score (nSPS) is 12.0. The molecular weight excluding hydrogens is 396 g/mol. The lowest BCUT2D eigenvalue weighted by molar-refractivity contribution is 0.414. The van der Waals surface area contributed by atoms with Gasteiger partial charge in [-0.25, -0.2) is 4.98 Å². The van der Waals surface area contributed by atoms with Crippen molar-refractivity contribution in [1.82, 2.24) is 9.97 Å². The molecule has 1 aromatic heterocycles. The molecule has 0 saturated heterocycles. The SMILES string of the molecule is COc1ccc(Cc2cnc([Si](c3ccccc3)(c3ccccc3)C(C)(C)C)[nH]2)cc1. The van der Waals surface area contributed by atoms with Gasteiger partial charge in [-0.05, 0) is 33.1 Å². The van der Waals surface area contributed by atoms with Crippen molar-refractivity contribution in [2.75, 3.05) is 7.11 Å². The first-order valence-corrected chi connectivity index (χ1v) is 12.7. The van der Waals surface area contributed by atoms with E-state index in [9.17, 15) is 0 Å². The molecule has 0 amide bonds. The minimum absolute atomic E-state index is 0.0188. The summed E-state index contributed by atoms with van der Waals surface area (Å²) in [5.74, 6) is 0.876. The smallest absolute Gasteiger partial charge is 0.198 e. The monoisotopic (exact) mass is 426 g/mol. The van der Waals surface area contributed by atoms with Gasteiger partial charge >= 0.3 is 0 Å². The Balaban J connectivity index is 1.83. The van der Waals surface area contributed by atoms with Crippen LogP contribution in [0.5, 0.6) is 5.75 Å². The second kappa shape index (κ2) is 8.56. The number of aromatic amines is 1. The highest BCUT2D eigenvalue weighted by Gasteiger charge is 2.51. The predicted molar refractivity (Wildman–Crippen MR) is 132 cm³/mol. The average Bonchev–Trinajstić information content (AvgIpc) is 3.24. The van der Waals surface area contributed by atoms with Crippen LogP contribution in [-0.4, -0.2) is 25.2 Å². The van der Waals surface area contributed by atoms with Crippen molar-refractivity contribution in [3.8, 4) is 5.75 Å². The maximum absolute atomic E-state index is 5.29. The van der Waals surface area contributed by atoms with E-state index in [1.54, 1.807) is 7.11 Å². The zero-order chi connectivity index (χ0) is 21.9. The molecule has 3 nitrogen and oxygen atoms in total. The van der Waals surface area contributed by atoms with Gasteiger partial charge in [-0.1, -0.05) is 93.6 Å². The molecule has 1 heterocycles. The molecule has 0 aliphatic heterocycles. The average molecular weight is 427 g/mol. The van der Waals surface area contributed by atoms with Gasteiger partial charge < -0.3 is 9.72 Å². The molecule has 158 valence electrons. The van der Waals surface area contributed by atoms with Gasteiger partial charge in [0.2, 0.25) is 0 Å². The van der Waals surface area contributed by atoms with Crippen molar-refractivity contribution in [2.24, 2.45) is 0 Å². The Morgan fingerprint density at radius 2 is 1.35 bits per heavy atom. The van der Waals surface area contributed by atoms with Crippen LogP contribution in [0.25, 0.3) is 0 Å². The van der Waals surface area contributed by atoms with E-state index in [4.69, 9.17) is 9.72 Å². The molecule has 4 aromatic rings. The zero-order valence-electron chi connectivity index (χ0n) is 18.7. The van der Waals surface area contributed by atoms with Crippen molar-refractivity contribution >= 4 is 23.9 Å². The molecule has 0 saturated carbocycles. The summed E-state index contributed by atoms with van der Waals surface area (Å²) in [5, 5.41) is 2.77. The number of methoxy groups -OCH3 is 1. The molecule has 31 heavy (non-hydrogen) atoms. The van der Waals surface area contributed by atoms with Crippen LogP contribution >= 0.6 is 0 Å². The maximum Gasteiger partial charge on any atom is 0.198 e. The highest BCUT2D eigenvalue weighted by Crippen LogP contribution is 2.35. The molecule has 0 aliphatic rings. The molecule has 0 bridgehead atoms. The van der Waals surface area contributed by atoms with E-state index in [1.165, 1.54) is 15.9 Å². The lowest BCUT2D eigenvalue weighted by atomic mass is 10.1. The number of hydrogen-bond acceptors (Lipinski definition) is 2. The van der Waals surface area contributed by atoms with Gasteiger partial charge in [0.05, 0.1) is 12.6 Å². The molecule has 4 rings (SSSR count). The molecule has 0 radical (unpaired) electrons. The van der Waals surface area contributed by atoms with Crippen LogP contribution < -0.4 is 20.6 Å². The Morgan fingerprint density at radius 3 is 1.84 bits per heavy atom. The highest BCUT2D eigenvalue weighted by molar-refractivity contribution is 7.12. The van der Waals surface area contributed by atoms with Crippen molar-refractivity contribution < 1.29 is 4.74 Å². The first-order chi connectivity index (χ1) is 14.9. The number of nitrogens with one attached hydrogen (secondary N) is 1. The van der Waals surface area contributed by atoms with Crippen LogP contribution in [-0.2, 0) is 6.42 Å². The highest BCUT2D eigenvalue weighted by atomic mass is 28.3. The molecule has 0 unspecified atom stereocenters. The Hall–Kier alpha value is -3.11. The van der Waals surface area contributed by atoms with E-state index in [2.05, 4.69) is 98.6 Å². The number of H-pyrrole nitrogens is 1. The fourth-order valence-electron chi connectivity index (χ4n) is 4.64. The van der Waals surface area contributed by atoms with Gasteiger partial charge in [0, 0.05) is 18.3 Å². The van der Waals surface area contributed by atoms with E-state index in [0.29, 0.717) is 0 Å². The number of rotatable bonds is 6. The molecule has 1 N–H and O–H groups in total. The van der Waals surface area contributed by atoms with Gasteiger partial charge in [-0.2, -0.15) is 0 Å². The zero-order valence-corrected chi connectivity index (χ0v) is 19.7. The number of aromatic nitrogens is 2. The molecule has 3 aromatic carbocycles. The minimum Gasteiger partial charge on any atom is -0.497 e. The van der Waals surface area contributed by atoms with Gasteiger partial charge in [-0.3, -0.25) is 0 Å². The second-order valence-electron chi connectivity index (χ2n) is 9.01. The quantitative estimate of drug-likeness (QED) is 0.467. The summed E-state index contributed by atoms with van der Waals surface area (Å²) in [6.45, 7) is 7.06. The third-order valence-corrected chi connectivity index (χ3v) is 11.7. The van der Waals surface area contributed by atoms with Crippen LogP contribution in [0.1, 0.15) is 32.0 Å². The maximum atomic E-state index is 5.29. The molecule has 0 atom stereocenters. The predicted octanol–water partition coefficient (Wildman–Crippen LogP) is 4.28. The van der Waals surface area contributed by atoms with Gasteiger partial charge in [-0.15, -0.1) is 0 Å². The standard InChI is InChI=1S/C27H30N2OSi/c1-27(2,3)31(24-11-7-5-8-12-24,25-13-9-6-10-14-25)26-28-20-22(29-26)19-21-15-17-23(30-4)18-16-21/h5-18,20H,19H2,1-4H3,(H,28,29). The molecule has 0 fully saturated rings. The number of imidazole rings is 1. The minimum atomic E-state index is -2.42. The molecule has 0 aliphatic carbocycles. The summed E-state index contributed by atoms with van der Waals surface area (Å²) >= 11 is 0. The molecule has 0 spiro atoms. The topological polar surface area (TPSA) is 37.9 Å². The fourth-order valence-corrected chi connectivity index (χ4v) is 9.95. The lowest BCUT2D eigenvalue weighted by Crippen LogP contribution is -2.73. The van der Waals surface area contributed by atoms with Crippen LogP contribution in [0, 0.1) is 0 Å². The number of ether oxygens (including phenoxy) is 1. The third kappa shape index (κ3) is 3.96. The van der Waals surface area contributed by atoms with E-state index in [-0.39, 0.29) is 5.04 Å². The first kappa shape index (κ1) is 21.1. The van der Waals surface area contributed by atoms with Gasteiger partial charge in [0.15, 0.2) is 8.07 Å². The van der Waals surface area contributed by atoms with Crippen molar-refractivity contribution in [3.05, 3.63) is 102 Å². The van der Waals surface area contributed by atoms with Crippen molar-refractivity contribution in [1.29, 1.82) is 0 Å². The van der Waals surface area contributed by atoms with E-state index in [0.717, 1.165) is 23.3 Å². The fraction of sp³-hybridized carbons (Fsp3) is 0.222. The summed E-state index contributed by atoms with van der Waals surface area (Å²) in [7, 11) is -0.729. The van der Waals surface area contributed by atoms with Crippen LogP contribution in [0.4, 0.5) is 0 Å². The second-order valence-corrected chi connectivity index (χ2v) is 13.6. The van der Waals surface area contributed by atoms with E-state index >= 15 is 0 Å². The summed E-state index contributed by atoms with van der Waals surface area (Å²) in [6, 6.07) is 30.1.